The summed E-state index contributed by atoms with van der Waals surface area (Å²) in [6.45, 7) is 3.67. The van der Waals surface area contributed by atoms with Gasteiger partial charge in [0.15, 0.2) is 0 Å². The van der Waals surface area contributed by atoms with Crippen molar-refractivity contribution in [2.45, 2.75) is 32.6 Å². The SMILES string of the molecule is CC(C)[C@@H](NC(=O)c1ccccc1)C(=O)NCc1ccc(C(F)(F)F)cc1. The van der Waals surface area contributed by atoms with Gasteiger partial charge >= 0.3 is 6.18 Å². The molecule has 2 N–H and O–H groups in total. The molecule has 0 aliphatic heterocycles. The molecule has 0 aromatic heterocycles. The van der Waals surface area contributed by atoms with Gasteiger partial charge in [-0.05, 0) is 35.7 Å². The highest BCUT2D eigenvalue weighted by atomic mass is 19.4. The molecule has 0 radical (unpaired) electrons. The predicted octanol–water partition coefficient (Wildman–Crippen LogP) is 3.78. The van der Waals surface area contributed by atoms with Crippen molar-refractivity contribution in [2.24, 2.45) is 5.92 Å². The van der Waals surface area contributed by atoms with Crippen LogP contribution in [0.25, 0.3) is 0 Å². The van der Waals surface area contributed by atoms with Gasteiger partial charge in [-0.25, -0.2) is 0 Å². The van der Waals surface area contributed by atoms with Crippen molar-refractivity contribution in [2.75, 3.05) is 0 Å². The Balaban J connectivity index is 1.98. The summed E-state index contributed by atoms with van der Waals surface area (Å²) in [5.74, 6) is -0.918. The second kappa shape index (κ2) is 8.70. The van der Waals surface area contributed by atoms with Crippen LogP contribution in [0.4, 0.5) is 13.2 Å². The third kappa shape index (κ3) is 5.84. The highest BCUT2D eigenvalue weighted by Crippen LogP contribution is 2.29. The molecule has 2 aromatic carbocycles. The van der Waals surface area contributed by atoms with Gasteiger partial charge in [0, 0.05) is 12.1 Å². The minimum absolute atomic E-state index is 0.0708. The van der Waals surface area contributed by atoms with Crippen molar-refractivity contribution in [3.8, 4) is 0 Å². The van der Waals surface area contributed by atoms with E-state index in [1.54, 1.807) is 44.2 Å². The molecule has 7 heteroatoms. The molecular weight excluding hydrogens is 357 g/mol. The number of amides is 2. The van der Waals surface area contributed by atoms with Gasteiger partial charge in [-0.2, -0.15) is 13.2 Å². The van der Waals surface area contributed by atoms with E-state index in [1.165, 1.54) is 12.1 Å². The summed E-state index contributed by atoms with van der Waals surface area (Å²) in [4.78, 5) is 24.7. The van der Waals surface area contributed by atoms with Crippen LogP contribution in [0, 0.1) is 5.92 Å². The summed E-state index contributed by atoms with van der Waals surface area (Å²) in [7, 11) is 0. The molecule has 0 aliphatic carbocycles. The van der Waals surface area contributed by atoms with Gasteiger partial charge < -0.3 is 10.6 Å². The topological polar surface area (TPSA) is 58.2 Å². The monoisotopic (exact) mass is 378 g/mol. The van der Waals surface area contributed by atoms with Crippen molar-refractivity contribution in [1.29, 1.82) is 0 Å². The van der Waals surface area contributed by atoms with E-state index in [2.05, 4.69) is 10.6 Å². The van der Waals surface area contributed by atoms with Crippen molar-refractivity contribution in [1.82, 2.24) is 10.6 Å². The number of alkyl halides is 3. The fourth-order valence-corrected chi connectivity index (χ4v) is 2.46. The maximum atomic E-state index is 12.6. The first kappa shape index (κ1) is 20.5. The van der Waals surface area contributed by atoms with E-state index >= 15 is 0 Å². The maximum Gasteiger partial charge on any atom is 0.416 e. The lowest BCUT2D eigenvalue weighted by Crippen LogP contribution is -2.49. The van der Waals surface area contributed by atoms with Crippen molar-refractivity contribution >= 4 is 11.8 Å². The molecule has 2 rings (SSSR count). The first-order valence-corrected chi connectivity index (χ1v) is 8.48. The van der Waals surface area contributed by atoms with Crippen molar-refractivity contribution < 1.29 is 22.8 Å². The Morgan fingerprint density at radius 1 is 0.963 bits per heavy atom. The van der Waals surface area contributed by atoms with Crippen molar-refractivity contribution in [3.63, 3.8) is 0 Å². The Morgan fingerprint density at radius 2 is 1.56 bits per heavy atom. The normalized spacial score (nSPS) is 12.5. The molecule has 0 bridgehead atoms. The summed E-state index contributed by atoms with van der Waals surface area (Å²) in [6, 6.07) is 12.3. The van der Waals surface area contributed by atoms with Crippen LogP contribution in [0.1, 0.15) is 35.3 Å². The van der Waals surface area contributed by atoms with E-state index in [9.17, 15) is 22.8 Å². The van der Waals surface area contributed by atoms with Gasteiger partial charge in [-0.15, -0.1) is 0 Å². The number of rotatable bonds is 6. The zero-order valence-corrected chi connectivity index (χ0v) is 15.0. The van der Waals surface area contributed by atoms with E-state index in [4.69, 9.17) is 0 Å². The second-order valence-corrected chi connectivity index (χ2v) is 6.47. The van der Waals surface area contributed by atoms with Gasteiger partial charge in [0.2, 0.25) is 5.91 Å². The Kier molecular flexibility index (Phi) is 6.60. The molecule has 0 unspecified atom stereocenters. The van der Waals surface area contributed by atoms with Gasteiger partial charge in [-0.1, -0.05) is 44.2 Å². The molecule has 0 heterocycles. The lowest BCUT2D eigenvalue weighted by Gasteiger charge is -2.22. The lowest BCUT2D eigenvalue weighted by atomic mass is 10.0. The van der Waals surface area contributed by atoms with Crippen molar-refractivity contribution in [3.05, 3.63) is 71.3 Å². The third-order valence-electron chi connectivity index (χ3n) is 4.02. The van der Waals surface area contributed by atoms with E-state index in [0.717, 1.165) is 12.1 Å². The molecule has 0 spiro atoms. The first-order valence-electron chi connectivity index (χ1n) is 8.48. The largest absolute Gasteiger partial charge is 0.416 e. The standard InChI is InChI=1S/C20H21F3N2O2/c1-13(2)17(25-18(26)15-6-4-3-5-7-15)19(27)24-12-14-8-10-16(11-9-14)20(21,22)23/h3-11,13,17H,12H2,1-2H3,(H,24,27)(H,25,26)/t17-/m1/s1. The van der Waals surface area contributed by atoms with E-state index in [0.29, 0.717) is 11.1 Å². The molecule has 0 saturated heterocycles. The maximum absolute atomic E-state index is 12.6. The summed E-state index contributed by atoms with van der Waals surface area (Å²) >= 11 is 0. The summed E-state index contributed by atoms with van der Waals surface area (Å²) in [5.41, 5.74) is 0.236. The highest BCUT2D eigenvalue weighted by molar-refractivity contribution is 5.97. The molecule has 144 valence electrons. The number of carbonyl (C=O) groups is 2. The minimum Gasteiger partial charge on any atom is -0.350 e. The van der Waals surface area contributed by atoms with E-state index in [-0.39, 0.29) is 18.4 Å². The molecule has 2 aromatic rings. The van der Waals surface area contributed by atoms with Crippen LogP contribution in [0.15, 0.2) is 54.6 Å². The average molecular weight is 378 g/mol. The van der Waals surface area contributed by atoms with Gasteiger partial charge in [0.25, 0.3) is 5.91 Å². The molecule has 27 heavy (non-hydrogen) atoms. The third-order valence-corrected chi connectivity index (χ3v) is 4.02. The van der Waals surface area contributed by atoms with Gasteiger partial charge in [0.1, 0.15) is 6.04 Å². The smallest absolute Gasteiger partial charge is 0.350 e. The van der Waals surface area contributed by atoms with Crippen LogP contribution < -0.4 is 10.6 Å². The van der Waals surface area contributed by atoms with E-state index in [1.807, 2.05) is 0 Å². The molecule has 0 saturated carbocycles. The number of benzene rings is 2. The minimum atomic E-state index is -4.40. The second-order valence-electron chi connectivity index (χ2n) is 6.47. The van der Waals surface area contributed by atoms with Gasteiger partial charge in [0.05, 0.1) is 5.56 Å². The van der Waals surface area contributed by atoms with Crippen LogP contribution >= 0.6 is 0 Å². The quantitative estimate of drug-likeness (QED) is 0.804. The fourth-order valence-electron chi connectivity index (χ4n) is 2.46. The number of carbonyl (C=O) groups excluding carboxylic acids is 2. The van der Waals surface area contributed by atoms with Gasteiger partial charge in [-0.3, -0.25) is 9.59 Å². The Hall–Kier alpha value is -2.83. The number of hydrogen-bond donors (Lipinski definition) is 2. The zero-order chi connectivity index (χ0) is 20.0. The lowest BCUT2D eigenvalue weighted by molar-refractivity contribution is -0.137. The zero-order valence-electron chi connectivity index (χ0n) is 15.0. The van der Waals surface area contributed by atoms with Crippen LogP contribution in [0.3, 0.4) is 0 Å². The highest BCUT2D eigenvalue weighted by Gasteiger charge is 2.30. The molecule has 1 atom stereocenters. The number of nitrogens with one attached hydrogen (secondary N) is 2. The number of halogens is 3. The molecule has 0 fully saturated rings. The molecule has 4 nitrogen and oxygen atoms in total. The van der Waals surface area contributed by atoms with Crippen LogP contribution in [0.2, 0.25) is 0 Å². The van der Waals surface area contributed by atoms with Crippen LogP contribution in [0.5, 0.6) is 0 Å². The Labute approximate surface area is 155 Å². The van der Waals surface area contributed by atoms with Crippen LogP contribution in [-0.2, 0) is 17.5 Å². The summed E-state index contributed by atoms with van der Waals surface area (Å²) in [5, 5.41) is 5.36. The predicted molar refractivity (Wildman–Crippen MR) is 95.8 cm³/mol. The molecular formula is C20H21F3N2O2. The average Bonchev–Trinajstić information content (AvgIpc) is 2.64. The summed E-state index contributed by atoms with van der Waals surface area (Å²) in [6.07, 6.45) is -4.40. The Morgan fingerprint density at radius 3 is 2.07 bits per heavy atom. The molecule has 0 aliphatic rings. The summed E-state index contributed by atoms with van der Waals surface area (Å²) < 4.78 is 37.7. The molecule has 2 amide bonds. The number of hydrogen-bond acceptors (Lipinski definition) is 2. The van der Waals surface area contributed by atoms with Crippen LogP contribution in [-0.4, -0.2) is 17.9 Å². The van der Waals surface area contributed by atoms with E-state index < -0.39 is 23.7 Å². The fraction of sp³-hybridized carbons (Fsp3) is 0.300. The Bertz CT molecular complexity index is 772. The first-order chi connectivity index (χ1) is 12.7.